The van der Waals surface area contributed by atoms with Crippen LogP contribution in [0, 0.1) is 24.2 Å². The minimum Gasteiger partial charge on any atom is -0.355 e. The van der Waals surface area contributed by atoms with Crippen LogP contribution in [0.15, 0.2) is 29.6 Å². The van der Waals surface area contributed by atoms with Gasteiger partial charge in [-0.25, -0.2) is 4.98 Å². The molecule has 1 atom stereocenters. The summed E-state index contributed by atoms with van der Waals surface area (Å²) < 4.78 is 0. The molecule has 0 saturated heterocycles. The van der Waals surface area contributed by atoms with E-state index in [1.807, 2.05) is 25.3 Å². The van der Waals surface area contributed by atoms with Crippen molar-refractivity contribution in [3.8, 4) is 17.3 Å². The van der Waals surface area contributed by atoms with Crippen molar-refractivity contribution in [2.24, 2.45) is 5.92 Å². The van der Waals surface area contributed by atoms with E-state index in [-0.39, 0.29) is 0 Å². The molecule has 6 heteroatoms. The molecule has 2 rings (SSSR count). The van der Waals surface area contributed by atoms with Gasteiger partial charge in [-0.2, -0.15) is 5.26 Å². The number of benzene rings is 1. The highest BCUT2D eigenvalue weighted by Crippen LogP contribution is 2.23. The fourth-order valence-electron chi connectivity index (χ4n) is 2.08. The van der Waals surface area contributed by atoms with Gasteiger partial charge in [-0.1, -0.05) is 25.1 Å². The Morgan fingerprint density at radius 2 is 2.22 bits per heavy atom. The first-order chi connectivity index (χ1) is 11.1. The molecule has 5 nitrogen and oxygen atoms in total. The first-order valence-electron chi connectivity index (χ1n) is 7.31. The number of hydrogen-bond acceptors (Lipinski definition) is 5. The lowest BCUT2D eigenvalue weighted by atomic mass is 9.96. The Balaban J connectivity index is 2.25. The van der Waals surface area contributed by atoms with Gasteiger partial charge < -0.3 is 5.32 Å². The molecule has 118 valence electrons. The second kappa shape index (κ2) is 7.65. The molecule has 0 aliphatic rings. The number of carbonyl (C=O) groups is 2. The second-order valence-electron chi connectivity index (χ2n) is 5.05. The molecule has 0 bridgehead atoms. The van der Waals surface area contributed by atoms with E-state index in [4.69, 9.17) is 0 Å². The van der Waals surface area contributed by atoms with Crippen LogP contribution in [0.5, 0.6) is 0 Å². The summed E-state index contributed by atoms with van der Waals surface area (Å²) in [6.07, 6.45) is 0.747. The van der Waals surface area contributed by atoms with Crippen LogP contribution in [-0.2, 0) is 4.79 Å². The van der Waals surface area contributed by atoms with E-state index in [1.165, 1.54) is 11.3 Å². The summed E-state index contributed by atoms with van der Waals surface area (Å²) in [5.41, 5.74) is 1.92. The number of nitrogens with zero attached hydrogens (tertiary/aromatic N) is 2. The summed E-state index contributed by atoms with van der Waals surface area (Å²) >= 11 is 1.53. The van der Waals surface area contributed by atoms with E-state index in [0.29, 0.717) is 12.1 Å². The van der Waals surface area contributed by atoms with Crippen molar-refractivity contribution in [2.75, 3.05) is 6.54 Å². The minimum atomic E-state index is -1.33. The zero-order valence-corrected chi connectivity index (χ0v) is 13.8. The van der Waals surface area contributed by atoms with Gasteiger partial charge in [0.1, 0.15) is 0 Å². The first kappa shape index (κ1) is 16.8. The van der Waals surface area contributed by atoms with Crippen LogP contribution in [-0.4, -0.2) is 23.2 Å². The zero-order chi connectivity index (χ0) is 16.8. The number of aromatic nitrogens is 1. The maximum absolute atomic E-state index is 12.5. The molecular weight excluding hydrogens is 310 g/mol. The van der Waals surface area contributed by atoms with Crippen molar-refractivity contribution < 1.29 is 9.59 Å². The van der Waals surface area contributed by atoms with Gasteiger partial charge in [0.15, 0.2) is 11.7 Å². The van der Waals surface area contributed by atoms with Crippen molar-refractivity contribution in [1.82, 2.24) is 10.3 Å². The quantitative estimate of drug-likeness (QED) is 0.653. The Bertz CT molecular complexity index is 761. The third kappa shape index (κ3) is 4.02. The number of amides is 1. The van der Waals surface area contributed by atoms with Crippen LogP contribution in [0.3, 0.4) is 0 Å². The fraction of sp³-hybridized carbons (Fsp3) is 0.294. The molecule has 1 aromatic carbocycles. The molecule has 0 saturated carbocycles. The van der Waals surface area contributed by atoms with E-state index < -0.39 is 17.6 Å². The molecule has 2 aromatic rings. The summed E-state index contributed by atoms with van der Waals surface area (Å²) in [5.74, 6) is -2.36. The lowest BCUT2D eigenvalue weighted by molar-refractivity contribution is -0.122. The first-order valence-corrected chi connectivity index (χ1v) is 8.19. The number of thiazole rings is 1. The minimum absolute atomic E-state index is 0.339. The SMILES string of the molecule is CCCNC(=O)C(C#N)C(=O)c1cccc(-c2csc(C)n2)c1. The summed E-state index contributed by atoms with van der Waals surface area (Å²) in [4.78, 5) is 28.8. The molecule has 1 unspecified atom stereocenters. The highest BCUT2D eigenvalue weighted by atomic mass is 32.1. The molecule has 0 radical (unpaired) electrons. The van der Waals surface area contributed by atoms with Crippen molar-refractivity contribution in [2.45, 2.75) is 20.3 Å². The van der Waals surface area contributed by atoms with Crippen molar-refractivity contribution in [3.63, 3.8) is 0 Å². The van der Waals surface area contributed by atoms with Crippen molar-refractivity contribution >= 4 is 23.0 Å². The molecular formula is C17H17N3O2S. The van der Waals surface area contributed by atoms with Crippen LogP contribution in [0.2, 0.25) is 0 Å². The standard InChI is InChI=1S/C17H17N3O2S/c1-3-7-19-17(22)14(9-18)16(21)13-6-4-5-12(8-13)15-10-23-11(2)20-15/h4-6,8,10,14H,3,7H2,1-2H3,(H,19,22). The number of carbonyl (C=O) groups excluding carboxylic acids is 2. The molecule has 0 fully saturated rings. The van der Waals surface area contributed by atoms with Crippen LogP contribution in [0.25, 0.3) is 11.3 Å². The largest absolute Gasteiger partial charge is 0.355 e. The molecule has 1 heterocycles. The van der Waals surface area contributed by atoms with E-state index in [9.17, 15) is 14.9 Å². The lowest BCUT2D eigenvalue weighted by Crippen LogP contribution is -2.35. The Kier molecular flexibility index (Phi) is 5.61. The highest BCUT2D eigenvalue weighted by molar-refractivity contribution is 7.09. The summed E-state index contributed by atoms with van der Waals surface area (Å²) in [5, 5.41) is 14.6. The van der Waals surface area contributed by atoms with Crippen LogP contribution in [0.4, 0.5) is 0 Å². The smallest absolute Gasteiger partial charge is 0.245 e. The van der Waals surface area contributed by atoms with Gasteiger partial charge in [-0.3, -0.25) is 9.59 Å². The van der Waals surface area contributed by atoms with Gasteiger partial charge in [-0.05, 0) is 19.4 Å². The number of Topliss-reactive ketones (excluding diaryl/α,β-unsaturated/α-hetero) is 1. The third-order valence-electron chi connectivity index (χ3n) is 3.26. The number of aryl methyl sites for hydroxylation is 1. The van der Waals surface area contributed by atoms with Crippen molar-refractivity contribution in [1.29, 1.82) is 5.26 Å². The molecule has 0 aliphatic heterocycles. The second-order valence-corrected chi connectivity index (χ2v) is 6.11. The predicted molar refractivity (Wildman–Crippen MR) is 89.0 cm³/mol. The van der Waals surface area contributed by atoms with Gasteiger partial charge in [0, 0.05) is 23.1 Å². The van der Waals surface area contributed by atoms with Gasteiger partial charge in [-0.15, -0.1) is 11.3 Å². The van der Waals surface area contributed by atoms with Gasteiger partial charge in [0.25, 0.3) is 0 Å². The van der Waals surface area contributed by atoms with Gasteiger partial charge in [0.05, 0.1) is 16.8 Å². The normalized spacial score (nSPS) is 11.5. The number of hydrogen-bond donors (Lipinski definition) is 1. The number of rotatable bonds is 6. The number of nitrogens with one attached hydrogen (secondary N) is 1. The fourth-order valence-corrected chi connectivity index (χ4v) is 2.70. The number of nitriles is 1. The van der Waals surface area contributed by atoms with Crippen molar-refractivity contribution in [3.05, 3.63) is 40.2 Å². The summed E-state index contributed by atoms with van der Waals surface area (Å²) in [7, 11) is 0. The van der Waals surface area contributed by atoms with Crippen LogP contribution in [0.1, 0.15) is 28.7 Å². The van der Waals surface area contributed by atoms with E-state index in [2.05, 4.69) is 10.3 Å². The van der Waals surface area contributed by atoms with E-state index in [0.717, 1.165) is 22.7 Å². The topological polar surface area (TPSA) is 82.9 Å². The Morgan fingerprint density at radius 3 is 2.83 bits per heavy atom. The molecule has 0 aliphatic carbocycles. The molecule has 0 spiro atoms. The lowest BCUT2D eigenvalue weighted by Gasteiger charge is -2.09. The average molecular weight is 327 g/mol. The summed E-state index contributed by atoms with van der Waals surface area (Å²) in [6, 6.07) is 8.67. The molecule has 23 heavy (non-hydrogen) atoms. The third-order valence-corrected chi connectivity index (χ3v) is 4.04. The summed E-state index contributed by atoms with van der Waals surface area (Å²) in [6.45, 7) is 4.26. The maximum Gasteiger partial charge on any atom is 0.245 e. The zero-order valence-electron chi connectivity index (χ0n) is 13.0. The predicted octanol–water partition coefficient (Wildman–Crippen LogP) is 2.97. The Hall–Kier alpha value is -2.52. The maximum atomic E-state index is 12.5. The van der Waals surface area contributed by atoms with Gasteiger partial charge in [0.2, 0.25) is 5.91 Å². The average Bonchev–Trinajstić information content (AvgIpc) is 3.00. The highest BCUT2D eigenvalue weighted by Gasteiger charge is 2.27. The van der Waals surface area contributed by atoms with E-state index in [1.54, 1.807) is 24.3 Å². The van der Waals surface area contributed by atoms with Crippen LogP contribution >= 0.6 is 11.3 Å². The monoisotopic (exact) mass is 327 g/mol. The molecule has 1 N–H and O–H groups in total. The Labute approximate surface area is 139 Å². The molecule has 1 amide bonds. The van der Waals surface area contributed by atoms with Crippen LogP contribution < -0.4 is 5.32 Å². The Morgan fingerprint density at radius 1 is 1.43 bits per heavy atom. The van der Waals surface area contributed by atoms with E-state index >= 15 is 0 Å². The molecule has 1 aromatic heterocycles. The van der Waals surface area contributed by atoms with Gasteiger partial charge >= 0.3 is 0 Å². The number of ketones is 1.